The van der Waals surface area contributed by atoms with Gasteiger partial charge in [-0.2, -0.15) is 0 Å². The van der Waals surface area contributed by atoms with Crippen molar-refractivity contribution in [1.29, 1.82) is 0 Å². The van der Waals surface area contributed by atoms with Crippen LogP contribution in [0.15, 0.2) is 29.3 Å². The summed E-state index contributed by atoms with van der Waals surface area (Å²) in [7, 11) is 0. The quantitative estimate of drug-likeness (QED) is 0.782. The molecule has 1 aromatic rings. The van der Waals surface area contributed by atoms with Crippen molar-refractivity contribution in [3.05, 3.63) is 29.3 Å². The van der Waals surface area contributed by atoms with Crippen molar-refractivity contribution < 1.29 is 10.2 Å². The van der Waals surface area contributed by atoms with Crippen LogP contribution < -0.4 is 5.32 Å². The lowest BCUT2D eigenvalue weighted by atomic mass is 10.1. The Bertz CT molecular complexity index is 435. The third-order valence-electron chi connectivity index (χ3n) is 2.48. The van der Waals surface area contributed by atoms with Gasteiger partial charge in [-0.15, -0.1) is 0 Å². The van der Waals surface area contributed by atoms with Crippen LogP contribution in [0, 0.1) is 0 Å². The van der Waals surface area contributed by atoms with Gasteiger partial charge in [0.2, 0.25) is 0 Å². The van der Waals surface area contributed by atoms with Crippen LogP contribution in [0.3, 0.4) is 0 Å². The number of aliphatic hydroxyl groups excluding tert-OH is 2. The molecule has 0 saturated carbocycles. The predicted octanol–water partition coefficient (Wildman–Crippen LogP) is 1.58. The van der Waals surface area contributed by atoms with Gasteiger partial charge in [0.15, 0.2) is 5.17 Å². The summed E-state index contributed by atoms with van der Waals surface area (Å²) in [6.45, 7) is -0.311. The van der Waals surface area contributed by atoms with E-state index >= 15 is 0 Å². The largest absolute Gasteiger partial charge is 0.394 e. The number of rotatable bonds is 3. The molecule has 2 rings (SSSR count). The van der Waals surface area contributed by atoms with Gasteiger partial charge in [0.25, 0.3) is 0 Å². The molecule has 4 nitrogen and oxygen atoms in total. The number of aliphatic hydroxyl groups is 2. The number of hydrogen-bond donors (Lipinski definition) is 3. The number of nitrogens with one attached hydrogen (secondary N) is 1. The van der Waals surface area contributed by atoms with Crippen LogP contribution in [-0.2, 0) is 0 Å². The second-order valence-electron chi connectivity index (χ2n) is 3.88. The van der Waals surface area contributed by atoms with Crippen LogP contribution in [0.25, 0.3) is 0 Å². The molecule has 17 heavy (non-hydrogen) atoms. The maximum atomic E-state index is 9.22. The molecule has 0 spiro atoms. The fourth-order valence-electron chi connectivity index (χ4n) is 1.45. The number of hydrogen-bond acceptors (Lipinski definition) is 5. The first kappa shape index (κ1) is 12.7. The van der Waals surface area contributed by atoms with Gasteiger partial charge in [-0.3, -0.25) is 0 Å². The summed E-state index contributed by atoms with van der Waals surface area (Å²) in [5, 5.41) is 22.9. The van der Waals surface area contributed by atoms with Gasteiger partial charge in [0.1, 0.15) is 5.54 Å². The topological polar surface area (TPSA) is 64.8 Å². The van der Waals surface area contributed by atoms with Crippen molar-refractivity contribution in [2.45, 2.75) is 5.54 Å². The molecule has 0 amide bonds. The lowest BCUT2D eigenvalue weighted by Gasteiger charge is -2.18. The summed E-state index contributed by atoms with van der Waals surface area (Å²) in [6, 6.07) is 7.31. The molecule has 0 fully saturated rings. The highest BCUT2D eigenvalue weighted by Crippen LogP contribution is 2.28. The van der Waals surface area contributed by atoms with Gasteiger partial charge >= 0.3 is 0 Å². The number of thioether (sulfide) groups is 1. The molecule has 6 heteroatoms. The second kappa shape index (κ2) is 5.27. The van der Waals surface area contributed by atoms with Crippen molar-refractivity contribution in [3.63, 3.8) is 0 Å². The fraction of sp³-hybridized carbons (Fsp3) is 0.364. The van der Waals surface area contributed by atoms with Crippen LogP contribution >= 0.6 is 23.4 Å². The SMILES string of the molecule is OCC1(CO)CSC(Nc2cccc(Cl)c2)=N1. The van der Waals surface area contributed by atoms with Gasteiger partial charge < -0.3 is 15.5 Å². The Balaban J connectivity index is 2.11. The molecule has 0 bridgehead atoms. The van der Waals surface area contributed by atoms with Crippen LogP contribution in [0.1, 0.15) is 0 Å². The molecule has 0 radical (unpaired) electrons. The summed E-state index contributed by atoms with van der Waals surface area (Å²) in [4.78, 5) is 4.31. The van der Waals surface area contributed by atoms with Gasteiger partial charge in [-0.25, -0.2) is 4.99 Å². The average molecular weight is 273 g/mol. The standard InChI is InChI=1S/C11H13ClN2O2S/c12-8-2-1-3-9(4-8)13-10-14-11(5-15,6-16)7-17-10/h1-4,15-16H,5-7H2,(H,13,14). The van der Waals surface area contributed by atoms with Gasteiger partial charge in [0, 0.05) is 16.5 Å². The molecule has 1 heterocycles. The Hall–Kier alpha value is -0.750. The van der Waals surface area contributed by atoms with E-state index in [0.29, 0.717) is 15.9 Å². The normalized spacial score (nSPS) is 17.9. The molecular formula is C11H13ClN2O2S. The van der Waals surface area contributed by atoms with Crippen molar-refractivity contribution in [2.24, 2.45) is 4.99 Å². The zero-order valence-corrected chi connectivity index (χ0v) is 10.6. The van der Waals surface area contributed by atoms with E-state index in [2.05, 4.69) is 10.3 Å². The summed E-state index contributed by atoms with van der Waals surface area (Å²) in [5.41, 5.74) is 0.0846. The van der Waals surface area contributed by atoms with Crippen LogP contribution in [0.4, 0.5) is 5.69 Å². The monoisotopic (exact) mass is 272 g/mol. The van der Waals surface area contributed by atoms with E-state index in [1.165, 1.54) is 11.8 Å². The number of nitrogens with zero attached hydrogens (tertiary/aromatic N) is 1. The number of amidine groups is 1. The average Bonchev–Trinajstić information content (AvgIpc) is 2.73. The van der Waals surface area contributed by atoms with Crippen LogP contribution in [-0.4, -0.2) is 39.9 Å². The number of benzene rings is 1. The van der Waals surface area contributed by atoms with Crippen molar-refractivity contribution in [1.82, 2.24) is 0 Å². The molecule has 1 aliphatic rings. The number of anilines is 1. The molecule has 0 unspecified atom stereocenters. The fourth-order valence-corrected chi connectivity index (χ4v) is 2.74. The lowest BCUT2D eigenvalue weighted by molar-refractivity contribution is 0.140. The second-order valence-corrected chi connectivity index (χ2v) is 5.28. The summed E-state index contributed by atoms with van der Waals surface area (Å²) in [6.07, 6.45) is 0. The predicted molar refractivity (Wildman–Crippen MR) is 71.9 cm³/mol. The van der Waals surface area contributed by atoms with Gasteiger partial charge in [0.05, 0.1) is 13.2 Å². The first-order valence-corrected chi connectivity index (χ1v) is 6.51. The molecule has 1 aliphatic heterocycles. The van der Waals surface area contributed by atoms with E-state index in [4.69, 9.17) is 11.6 Å². The third-order valence-corrected chi connectivity index (χ3v) is 3.86. The van der Waals surface area contributed by atoms with E-state index in [9.17, 15) is 10.2 Å². The number of aliphatic imine (C=N–C) groups is 1. The van der Waals surface area contributed by atoms with Gasteiger partial charge in [-0.1, -0.05) is 29.4 Å². The Kier molecular flexibility index (Phi) is 3.93. The van der Waals surface area contributed by atoms with Crippen molar-refractivity contribution in [2.75, 3.05) is 24.3 Å². The van der Waals surface area contributed by atoms with E-state index < -0.39 is 5.54 Å². The molecule has 3 N–H and O–H groups in total. The smallest absolute Gasteiger partial charge is 0.161 e. The van der Waals surface area contributed by atoms with Gasteiger partial charge in [-0.05, 0) is 18.2 Å². The van der Waals surface area contributed by atoms with E-state index in [-0.39, 0.29) is 13.2 Å². The number of halogens is 1. The minimum atomic E-state index is -0.758. The summed E-state index contributed by atoms with van der Waals surface area (Å²) in [5.74, 6) is 0.572. The molecule has 0 atom stereocenters. The highest BCUT2D eigenvalue weighted by Gasteiger charge is 2.34. The molecule has 0 saturated heterocycles. The van der Waals surface area contributed by atoms with Crippen LogP contribution in [0.5, 0.6) is 0 Å². The summed E-state index contributed by atoms with van der Waals surface area (Å²) >= 11 is 7.35. The highest BCUT2D eigenvalue weighted by atomic mass is 35.5. The maximum Gasteiger partial charge on any atom is 0.161 e. The Labute approximate surface area is 109 Å². The zero-order valence-electron chi connectivity index (χ0n) is 9.06. The molecule has 0 aromatic heterocycles. The minimum absolute atomic E-state index is 0.156. The molecule has 1 aromatic carbocycles. The zero-order chi connectivity index (χ0) is 12.3. The van der Waals surface area contributed by atoms with Crippen molar-refractivity contribution >= 4 is 34.2 Å². The van der Waals surface area contributed by atoms with Crippen molar-refractivity contribution in [3.8, 4) is 0 Å². The maximum absolute atomic E-state index is 9.22. The van der Waals surface area contributed by atoms with E-state index in [0.717, 1.165) is 5.69 Å². The molecule has 0 aliphatic carbocycles. The highest BCUT2D eigenvalue weighted by molar-refractivity contribution is 8.14. The Morgan fingerprint density at radius 3 is 2.76 bits per heavy atom. The lowest BCUT2D eigenvalue weighted by Crippen LogP contribution is -2.36. The summed E-state index contributed by atoms with van der Waals surface area (Å²) < 4.78 is 0. The Morgan fingerprint density at radius 1 is 1.41 bits per heavy atom. The first-order chi connectivity index (χ1) is 8.17. The van der Waals surface area contributed by atoms with Crippen LogP contribution in [0.2, 0.25) is 5.02 Å². The molecular weight excluding hydrogens is 260 g/mol. The van der Waals surface area contributed by atoms with E-state index in [1.807, 2.05) is 12.1 Å². The minimum Gasteiger partial charge on any atom is -0.394 e. The van der Waals surface area contributed by atoms with E-state index in [1.54, 1.807) is 12.1 Å². The Morgan fingerprint density at radius 2 is 2.18 bits per heavy atom. The molecule has 92 valence electrons. The third kappa shape index (κ3) is 2.93. The first-order valence-electron chi connectivity index (χ1n) is 5.14.